The topological polar surface area (TPSA) is 46.9 Å². The molecule has 0 radical (unpaired) electrons. The first-order valence-electron chi connectivity index (χ1n) is 6.68. The van der Waals surface area contributed by atoms with Crippen molar-refractivity contribution in [2.24, 2.45) is 0 Å². The lowest BCUT2D eigenvalue weighted by Gasteiger charge is -2.04. The maximum Gasteiger partial charge on any atom is 0.225 e. The molecule has 0 aromatic carbocycles. The van der Waals surface area contributed by atoms with Crippen molar-refractivity contribution in [3.63, 3.8) is 0 Å². The fraction of sp³-hybridized carbons (Fsp3) is 0.200. The third-order valence-electron chi connectivity index (χ3n) is 2.99. The minimum absolute atomic E-state index is 0.0584. The van der Waals surface area contributed by atoms with Crippen LogP contribution in [0.2, 0.25) is 0 Å². The first-order valence-corrected chi connectivity index (χ1v) is 8.43. The Balaban J connectivity index is 1.46. The van der Waals surface area contributed by atoms with Gasteiger partial charge in [-0.2, -0.15) is 5.10 Å². The van der Waals surface area contributed by atoms with Gasteiger partial charge >= 0.3 is 0 Å². The molecule has 0 fully saturated rings. The maximum absolute atomic E-state index is 11.8. The summed E-state index contributed by atoms with van der Waals surface area (Å²) in [5.74, 6) is 0.0584. The molecule has 1 N–H and O–H groups in total. The zero-order valence-electron chi connectivity index (χ0n) is 11.4. The van der Waals surface area contributed by atoms with Crippen LogP contribution in [0.15, 0.2) is 47.3 Å². The fourth-order valence-electron chi connectivity index (χ4n) is 1.99. The molecule has 0 aliphatic carbocycles. The first-order chi connectivity index (χ1) is 10.3. The van der Waals surface area contributed by atoms with Crippen LogP contribution in [0.5, 0.6) is 0 Å². The second-order valence-corrected chi connectivity index (χ2v) is 6.53. The van der Waals surface area contributed by atoms with Crippen LogP contribution in [-0.2, 0) is 17.8 Å². The van der Waals surface area contributed by atoms with E-state index >= 15 is 0 Å². The summed E-state index contributed by atoms with van der Waals surface area (Å²) in [6.07, 6.45) is 2.40. The van der Waals surface area contributed by atoms with Gasteiger partial charge in [-0.05, 0) is 29.0 Å². The predicted octanol–water partition coefficient (Wildman–Crippen LogP) is 3.03. The second-order valence-electron chi connectivity index (χ2n) is 4.55. The van der Waals surface area contributed by atoms with Gasteiger partial charge in [0.1, 0.15) is 5.69 Å². The Hall–Kier alpha value is -1.92. The van der Waals surface area contributed by atoms with Gasteiger partial charge in [-0.25, -0.2) is 0 Å². The molecular weight excluding hydrogens is 302 g/mol. The number of carbonyl (C=O) groups is 1. The molecule has 0 bridgehead atoms. The monoisotopic (exact) mass is 317 g/mol. The van der Waals surface area contributed by atoms with Crippen molar-refractivity contribution in [2.75, 3.05) is 6.54 Å². The van der Waals surface area contributed by atoms with Crippen LogP contribution in [0.3, 0.4) is 0 Å². The van der Waals surface area contributed by atoms with Gasteiger partial charge in [0.2, 0.25) is 5.91 Å². The number of hydrogen-bond acceptors (Lipinski definition) is 4. The van der Waals surface area contributed by atoms with Gasteiger partial charge < -0.3 is 5.32 Å². The van der Waals surface area contributed by atoms with E-state index in [0.29, 0.717) is 19.5 Å². The Bertz CT molecular complexity index is 686. The molecule has 21 heavy (non-hydrogen) atoms. The average Bonchev–Trinajstić information content (AvgIpc) is 3.21. The van der Waals surface area contributed by atoms with Crippen LogP contribution in [0.25, 0.3) is 10.6 Å². The van der Waals surface area contributed by atoms with Crippen molar-refractivity contribution in [2.45, 2.75) is 13.0 Å². The van der Waals surface area contributed by atoms with Gasteiger partial charge in [0.15, 0.2) is 0 Å². The number of aromatic nitrogens is 2. The summed E-state index contributed by atoms with van der Waals surface area (Å²) in [7, 11) is 0. The highest BCUT2D eigenvalue weighted by Crippen LogP contribution is 2.22. The van der Waals surface area contributed by atoms with E-state index in [0.717, 1.165) is 15.4 Å². The first kappa shape index (κ1) is 14.0. The SMILES string of the molecule is O=C(Cc1cccs1)NCCn1ccc(-c2cccs2)n1. The maximum atomic E-state index is 11.8. The van der Waals surface area contributed by atoms with Gasteiger partial charge in [-0.15, -0.1) is 22.7 Å². The molecule has 0 spiro atoms. The normalized spacial score (nSPS) is 10.7. The van der Waals surface area contributed by atoms with Crippen molar-refractivity contribution in [1.29, 1.82) is 0 Å². The van der Waals surface area contributed by atoms with E-state index in [9.17, 15) is 4.79 Å². The molecule has 1 amide bonds. The standard InChI is InChI=1S/C15H15N3OS2/c19-15(11-12-3-1-9-20-12)16-6-8-18-7-5-13(17-18)14-4-2-10-21-14/h1-5,7,9-10H,6,8,11H2,(H,16,19). The molecule has 0 unspecified atom stereocenters. The zero-order valence-corrected chi connectivity index (χ0v) is 13.0. The minimum Gasteiger partial charge on any atom is -0.354 e. The lowest BCUT2D eigenvalue weighted by molar-refractivity contribution is -0.120. The van der Waals surface area contributed by atoms with E-state index in [4.69, 9.17) is 0 Å². The van der Waals surface area contributed by atoms with E-state index in [1.165, 1.54) is 0 Å². The summed E-state index contributed by atoms with van der Waals surface area (Å²) < 4.78 is 1.86. The average molecular weight is 317 g/mol. The summed E-state index contributed by atoms with van der Waals surface area (Å²) in [5.41, 5.74) is 0.981. The van der Waals surface area contributed by atoms with Crippen molar-refractivity contribution >= 4 is 28.6 Å². The predicted molar refractivity (Wildman–Crippen MR) is 86.6 cm³/mol. The van der Waals surface area contributed by atoms with Gasteiger partial charge in [0, 0.05) is 17.6 Å². The van der Waals surface area contributed by atoms with Crippen molar-refractivity contribution in [3.8, 4) is 10.6 Å². The van der Waals surface area contributed by atoms with Crippen LogP contribution in [-0.4, -0.2) is 22.2 Å². The highest BCUT2D eigenvalue weighted by atomic mass is 32.1. The van der Waals surface area contributed by atoms with Crippen LogP contribution in [0.1, 0.15) is 4.88 Å². The van der Waals surface area contributed by atoms with Gasteiger partial charge in [0.25, 0.3) is 0 Å². The molecule has 6 heteroatoms. The van der Waals surface area contributed by atoms with E-state index in [2.05, 4.69) is 16.5 Å². The third kappa shape index (κ3) is 3.80. The summed E-state index contributed by atoms with van der Waals surface area (Å²) in [6, 6.07) is 10.0. The molecule has 0 atom stereocenters. The summed E-state index contributed by atoms with van der Waals surface area (Å²) >= 11 is 3.28. The number of amides is 1. The van der Waals surface area contributed by atoms with Crippen LogP contribution >= 0.6 is 22.7 Å². The summed E-state index contributed by atoms with van der Waals surface area (Å²) in [5, 5.41) is 11.5. The molecule has 4 nitrogen and oxygen atoms in total. The van der Waals surface area contributed by atoms with Crippen molar-refractivity contribution in [3.05, 3.63) is 52.2 Å². The lowest BCUT2D eigenvalue weighted by Crippen LogP contribution is -2.28. The van der Waals surface area contributed by atoms with Crippen LogP contribution in [0.4, 0.5) is 0 Å². The van der Waals surface area contributed by atoms with E-state index in [1.807, 2.05) is 45.9 Å². The Morgan fingerprint density at radius 1 is 1.19 bits per heavy atom. The number of rotatable bonds is 6. The smallest absolute Gasteiger partial charge is 0.225 e. The fourth-order valence-corrected chi connectivity index (χ4v) is 3.38. The third-order valence-corrected chi connectivity index (χ3v) is 4.76. The molecule has 3 aromatic rings. The zero-order chi connectivity index (χ0) is 14.5. The highest BCUT2D eigenvalue weighted by Gasteiger charge is 2.05. The van der Waals surface area contributed by atoms with E-state index < -0.39 is 0 Å². The molecule has 3 rings (SSSR count). The molecule has 0 aliphatic heterocycles. The number of thiophene rings is 2. The molecule has 108 valence electrons. The molecule has 3 heterocycles. The summed E-state index contributed by atoms with van der Waals surface area (Å²) in [6.45, 7) is 1.28. The van der Waals surface area contributed by atoms with Crippen LogP contribution in [0, 0.1) is 0 Å². The Labute approximate surface area is 131 Å². The Morgan fingerprint density at radius 3 is 2.81 bits per heavy atom. The van der Waals surface area contributed by atoms with E-state index in [-0.39, 0.29) is 5.91 Å². The van der Waals surface area contributed by atoms with E-state index in [1.54, 1.807) is 22.7 Å². The molecular formula is C15H15N3OS2. The molecule has 0 aliphatic rings. The van der Waals surface area contributed by atoms with Crippen LogP contribution < -0.4 is 5.32 Å². The number of nitrogens with zero attached hydrogens (tertiary/aromatic N) is 2. The quantitative estimate of drug-likeness (QED) is 0.759. The second kappa shape index (κ2) is 6.69. The molecule has 3 aromatic heterocycles. The minimum atomic E-state index is 0.0584. The molecule has 0 saturated heterocycles. The number of nitrogens with one attached hydrogen (secondary N) is 1. The Kier molecular flexibility index (Phi) is 4.47. The van der Waals surface area contributed by atoms with Gasteiger partial charge in [0.05, 0.1) is 17.8 Å². The largest absolute Gasteiger partial charge is 0.354 e. The Morgan fingerprint density at radius 2 is 2.05 bits per heavy atom. The highest BCUT2D eigenvalue weighted by molar-refractivity contribution is 7.13. The number of carbonyl (C=O) groups excluding carboxylic acids is 1. The van der Waals surface area contributed by atoms with Crippen molar-refractivity contribution in [1.82, 2.24) is 15.1 Å². The van der Waals surface area contributed by atoms with Gasteiger partial charge in [-0.1, -0.05) is 12.1 Å². The lowest BCUT2D eigenvalue weighted by atomic mass is 10.3. The molecule has 0 saturated carbocycles. The van der Waals surface area contributed by atoms with Gasteiger partial charge in [-0.3, -0.25) is 9.48 Å². The van der Waals surface area contributed by atoms with Crippen molar-refractivity contribution < 1.29 is 4.79 Å². The summed E-state index contributed by atoms with van der Waals surface area (Å²) in [4.78, 5) is 14.0. The number of hydrogen-bond donors (Lipinski definition) is 1.